The van der Waals surface area contributed by atoms with Gasteiger partial charge in [0.15, 0.2) is 0 Å². The van der Waals surface area contributed by atoms with Crippen molar-refractivity contribution >= 4 is 5.84 Å². The molecular formula is C12H22F3N3O. The Morgan fingerprint density at radius 1 is 1.37 bits per heavy atom. The average Bonchev–Trinajstić information content (AvgIpc) is 2.29. The first-order valence-electron chi connectivity index (χ1n) is 6.44. The Kier molecular flexibility index (Phi) is 5.61. The second kappa shape index (κ2) is 6.56. The Balaban J connectivity index is 2.12. The van der Waals surface area contributed by atoms with E-state index in [0.29, 0.717) is 6.42 Å². The molecule has 4 nitrogen and oxygen atoms in total. The quantitative estimate of drug-likeness (QED) is 0.444. The minimum atomic E-state index is -4.24. The minimum Gasteiger partial charge on any atom is -0.387 e. The van der Waals surface area contributed by atoms with Crippen LogP contribution >= 0.6 is 0 Å². The van der Waals surface area contributed by atoms with Crippen LogP contribution in [0, 0.1) is 10.8 Å². The summed E-state index contributed by atoms with van der Waals surface area (Å²) in [5.74, 6) is 0.223. The molecule has 19 heavy (non-hydrogen) atoms. The fourth-order valence-corrected chi connectivity index (χ4v) is 2.12. The Bertz CT molecular complexity index is 299. The van der Waals surface area contributed by atoms with Crippen molar-refractivity contribution in [3.05, 3.63) is 0 Å². The van der Waals surface area contributed by atoms with Gasteiger partial charge in [-0.1, -0.05) is 6.92 Å². The summed E-state index contributed by atoms with van der Waals surface area (Å²) in [6, 6.07) is 0. The SMILES string of the molecule is CC1(C(=N)N)CCN(CCCOCC(F)(F)F)CC1. The number of nitrogens with one attached hydrogen (secondary N) is 1. The second-order valence-corrected chi connectivity index (χ2v) is 5.34. The van der Waals surface area contributed by atoms with Gasteiger partial charge in [0.05, 0.1) is 5.84 Å². The van der Waals surface area contributed by atoms with E-state index >= 15 is 0 Å². The van der Waals surface area contributed by atoms with Crippen molar-refractivity contribution in [2.24, 2.45) is 11.1 Å². The fraction of sp³-hybridized carbons (Fsp3) is 0.917. The Morgan fingerprint density at radius 3 is 2.42 bits per heavy atom. The van der Waals surface area contributed by atoms with Crippen LogP contribution in [-0.2, 0) is 4.74 Å². The lowest BCUT2D eigenvalue weighted by Gasteiger charge is -2.38. The number of likely N-dealkylation sites (tertiary alicyclic amines) is 1. The summed E-state index contributed by atoms with van der Waals surface area (Å²) in [4.78, 5) is 2.18. The first-order valence-corrected chi connectivity index (χ1v) is 6.44. The smallest absolute Gasteiger partial charge is 0.387 e. The molecule has 0 unspecified atom stereocenters. The van der Waals surface area contributed by atoms with Crippen molar-refractivity contribution in [1.29, 1.82) is 5.41 Å². The summed E-state index contributed by atoms with van der Waals surface area (Å²) in [6.07, 6.45) is -2.00. The van der Waals surface area contributed by atoms with Gasteiger partial charge in [-0.3, -0.25) is 5.41 Å². The van der Waals surface area contributed by atoms with Crippen LogP contribution in [0.4, 0.5) is 13.2 Å². The summed E-state index contributed by atoms with van der Waals surface area (Å²) in [5, 5.41) is 7.54. The molecule has 1 aliphatic heterocycles. The number of hydrogen-bond donors (Lipinski definition) is 2. The first-order chi connectivity index (χ1) is 8.73. The molecule has 0 atom stereocenters. The third-order valence-electron chi connectivity index (χ3n) is 3.64. The number of hydrogen-bond acceptors (Lipinski definition) is 3. The zero-order chi connectivity index (χ0) is 14.5. The van der Waals surface area contributed by atoms with Crippen LogP contribution in [0.15, 0.2) is 0 Å². The van der Waals surface area contributed by atoms with Crippen LogP contribution in [0.3, 0.4) is 0 Å². The number of amidine groups is 1. The van der Waals surface area contributed by atoms with Crippen LogP contribution in [0.1, 0.15) is 26.2 Å². The minimum absolute atomic E-state index is 0.125. The Hall–Kier alpha value is -0.820. The van der Waals surface area contributed by atoms with Gasteiger partial charge >= 0.3 is 6.18 Å². The molecule has 0 radical (unpaired) electrons. The lowest BCUT2D eigenvalue weighted by molar-refractivity contribution is -0.174. The van der Waals surface area contributed by atoms with Crippen molar-refractivity contribution in [3.8, 4) is 0 Å². The maximum absolute atomic E-state index is 11.8. The molecule has 0 aromatic heterocycles. The van der Waals surface area contributed by atoms with E-state index < -0.39 is 12.8 Å². The van der Waals surface area contributed by atoms with Crippen molar-refractivity contribution in [2.75, 3.05) is 32.8 Å². The number of nitrogens with two attached hydrogens (primary N) is 1. The van der Waals surface area contributed by atoms with Gasteiger partial charge < -0.3 is 15.4 Å². The van der Waals surface area contributed by atoms with Crippen LogP contribution in [-0.4, -0.2) is 49.8 Å². The highest BCUT2D eigenvalue weighted by molar-refractivity contribution is 5.83. The van der Waals surface area contributed by atoms with Gasteiger partial charge in [0, 0.05) is 18.6 Å². The van der Waals surface area contributed by atoms with E-state index in [1.54, 1.807) is 0 Å². The molecule has 1 heterocycles. The number of rotatable bonds is 6. The predicted octanol–water partition coefficient (Wildman–Crippen LogP) is 1.99. The molecule has 1 aliphatic rings. The topological polar surface area (TPSA) is 62.3 Å². The van der Waals surface area contributed by atoms with Gasteiger partial charge in [0.1, 0.15) is 6.61 Å². The molecule has 1 rings (SSSR count). The van der Waals surface area contributed by atoms with E-state index in [4.69, 9.17) is 11.1 Å². The molecule has 0 saturated carbocycles. The standard InChI is InChI=1S/C12H22F3N3O/c1-11(10(16)17)3-6-18(7-4-11)5-2-8-19-9-12(13,14)15/h2-9H2,1H3,(H3,16,17). The van der Waals surface area contributed by atoms with Gasteiger partial charge in [-0.15, -0.1) is 0 Å². The maximum atomic E-state index is 11.8. The third-order valence-corrected chi connectivity index (χ3v) is 3.64. The van der Waals surface area contributed by atoms with E-state index in [-0.39, 0.29) is 17.9 Å². The fourth-order valence-electron chi connectivity index (χ4n) is 2.12. The van der Waals surface area contributed by atoms with Gasteiger partial charge in [-0.05, 0) is 32.4 Å². The molecule has 0 aromatic rings. The van der Waals surface area contributed by atoms with Crippen molar-refractivity contribution in [2.45, 2.75) is 32.4 Å². The van der Waals surface area contributed by atoms with Crippen LogP contribution in [0.2, 0.25) is 0 Å². The summed E-state index contributed by atoms with van der Waals surface area (Å²) < 4.78 is 40.1. The highest BCUT2D eigenvalue weighted by Crippen LogP contribution is 2.30. The first kappa shape index (κ1) is 16.2. The van der Waals surface area contributed by atoms with E-state index in [2.05, 4.69) is 9.64 Å². The molecule has 0 spiro atoms. The molecule has 1 saturated heterocycles. The van der Waals surface area contributed by atoms with Gasteiger partial charge in [0.2, 0.25) is 0 Å². The van der Waals surface area contributed by atoms with Crippen LogP contribution in [0.25, 0.3) is 0 Å². The number of alkyl halides is 3. The van der Waals surface area contributed by atoms with Crippen LogP contribution < -0.4 is 5.73 Å². The molecule has 0 bridgehead atoms. The summed E-state index contributed by atoms with van der Waals surface area (Å²) in [6.45, 7) is 3.32. The Morgan fingerprint density at radius 2 is 1.95 bits per heavy atom. The van der Waals surface area contributed by atoms with E-state index in [9.17, 15) is 13.2 Å². The molecule has 0 aliphatic carbocycles. The van der Waals surface area contributed by atoms with Gasteiger partial charge in [0.25, 0.3) is 0 Å². The summed E-state index contributed by atoms with van der Waals surface area (Å²) in [7, 11) is 0. The zero-order valence-electron chi connectivity index (χ0n) is 11.2. The third kappa shape index (κ3) is 5.78. The van der Waals surface area contributed by atoms with Crippen molar-refractivity contribution in [3.63, 3.8) is 0 Å². The zero-order valence-corrected chi connectivity index (χ0v) is 11.2. The Labute approximate surface area is 111 Å². The summed E-state index contributed by atoms with van der Waals surface area (Å²) >= 11 is 0. The average molecular weight is 281 g/mol. The molecule has 1 fully saturated rings. The van der Waals surface area contributed by atoms with E-state index in [0.717, 1.165) is 32.5 Å². The molecule has 0 aromatic carbocycles. The molecule has 112 valence electrons. The largest absolute Gasteiger partial charge is 0.411 e. The lowest BCUT2D eigenvalue weighted by Crippen LogP contribution is -2.45. The molecule has 0 amide bonds. The number of piperidine rings is 1. The van der Waals surface area contributed by atoms with Crippen LogP contribution in [0.5, 0.6) is 0 Å². The van der Waals surface area contributed by atoms with Crippen molar-refractivity contribution < 1.29 is 17.9 Å². The van der Waals surface area contributed by atoms with Crippen molar-refractivity contribution in [1.82, 2.24) is 4.90 Å². The number of halogens is 3. The normalized spacial score (nSPS) is 20.4. The number of nitrogens with zero attached hydrogens (tertiary/aromatic N) is 1. The molecule has 3 N–H and O–H groups in total. The molecule has 7 heteroatoms. The maximum Gasteiger partial charge on any atom is 0.411 e. The molecular weight excluding hydrogens is 259 g/mol. The number of ether oxygens (including phenoxy) is 1. The summed E-state index contributed by atoms with van der Waals surface area (Å²) in [5.41, 5.74) is 5.35. The highest BCUT2D eigenvalue weighted by Gasteiger charge is 2.32. The van der Waals surface area contributed by atoms with Gasteiger partial charge in [-0.2, -0.15) is 13.2 Å². The second-order valence-electron chi connectivity index (χ2n) is 5.34. The van der Waals surface area contributed by atoms with Gasteiger partial charge in [-0.25, -0.2) is 0 Å². The lowest BCUT2D eigenvalue weighted by atomic mass is 9.79. The highest BCUT2D eigenvalue weighted by atomic mass is 19.4. The monoisotopic (exact) mass is 281 g/mol. The van der Waals surface area contributed by atoms with E-state index in [1.165, 1.54) is 0 Å². The van der Waals surface area contributed by atoms with E-state index in [1.807, 2.05) is 6.92 Å². The predicted molar refractivity (Wildman–Crippen MR) is 67.2 cm³/mol.